The van der Waals surface area contributed by atoms with Gasteiger partial charge in [0.1, 0.15) is 37.5 Å². The standard InChI is InChI=1S/C35H58O12S/c1-12-48-35-33(43-26(11)39)22(7)27(30(46-35)15-41-24(9)37)13-28-19(4)20(5)32(31(44-28)16-42-25(10)38)47-34-21(6)17(2)18(3)29(45-34)14-40-23(8)36/h17-22,27-35H,12-16H2,1-11H3/t17-,18-,19?,20+,21?,22-,27-,28+,29?,30?,31?,32-,33?,34+,35-/m0/s1. The minimum atomic E-state index is -0.595. The lowest BCUT2D eigenvalue weighted by molar-refractivity contribution is -0.307. The predicted octanol–water partition coefficient (Wildman–Crippen LogP) is 4.79. The quantitative estimate of drug-likeness (QED) is 0.192. The molecule has 0 bridgehead atoms. The van der Waals surface area contributed by atoms with E-state index in [2.05, 4.69) is 34.6 Å². The van der Waals surface area contributed by atoms with E-state index < -0.39 is 48.1 Å². The van der Waals surface area contributed by atoms with Gasteiger partial charge in [-0.05, 0) is 41.8 Å². The Bertz CT molecular complexity index is 1090. The molecule has 0 N–H and O–H groups in total. The summed E-state index contributed by atoms with van der Waals surface area (Å²) in [4.78, 5) is 47.5. The number of hydrogen-bond donors (Lipinski definition) is 0. The van der Waals surface area contributed by atoms with Crippen LogP contribution in [-0.2, 0) is 57.1 Å². The number of thioether (sulfide) groups is 1. The molecule has 0 radical (unpaired) electrons. The second-order valence-corrected chi connectivity index (χ2v) is 15.3. The summed E-state index contributed by atoms with van der Waals surface area (Å²) >= 11 is 1.55. The molecule has 13 heteroatoms. The molecule has 3 fully saturated rings. The van der Waals surface area contributed by atoms with Crippen LogP contribution in [0.3, 0.4) is 0 Å². The summed E-state index contributed by atoms with van der Waals surface area (Å²) in [5.41, 5.74) is -0.406. The van der Waals surface area contributed by atoms with E-state index in [1.165, 1.54) is 27.7 Å². The van der Waals surface area contributed by atoms with Gasteiger partial charge in [-0.25, -0.2) is 0 Å². The molecule has 0 amide bonds. The third-order valence-electron chi connectivity index (χ3n) is 10.7. The van der Waals surface area contributed by atoms with Crippen molar-refractivity contribution in [3.63, 3.8) is 0 Å². The summed E-state index contributed by atoms with van der Waals surface area (Å²) in [7, 11) is 0. The molecule has 0 aliphatic carbocycles. The van der Waals surface area contributed by atoms with Gasteiger partial charge in [0.05, 0.1) is 24.4 Å². The van der Waals surface area contributed by atoms with Gasteiger partial charge >= 0.3 is 23.9 Å². The zero-order chi connectivity index (χ0) is 35.9. The number of carbonyl (C=O) groups is 4. The monoisotopic (exact) mass is 702 g/mol. The van der Waals surface area contributed by atoms with Crippen LogP contribution in [0.25, 0.3) is 0 Å². The van der Waals surface area contributed by atoms with Crippen molar-refractivity contribution in [3.8, 4) is 0 Å². The lowest BCUT2D eigenvalue weighted by Gasteiger charge is -2.51. The smallest absolute Gasteiger partial charge is 0.303 e. The Balaban J connectivity index is 1.87. The van der Waals surface area contributed by atoms with Crippen molar-refractivity contribution in [2.45, 2.75) is 131 Å². The zero-order valence-corrected chi connectivity index (χ0v) is 31.3. The SMILES string of the molecule is CCS[C@@H]1OC(COC(C)=O)[C@@H](C[C@H]2OC(COC(C)=O)[C@@H](O[C@H]3OC(COC(C)=O)[C@@H](C)[C@H](C)C3C)[C@H](C)C2C)[C@H](C)C1OC(C)=O. The second kappa shape index (κ2) is 18.3. The third kappa shape index (κ3) is 10.5. The predicted molar refractivity (Wildman–Crippen MR) is 178 cm³/mol. The largest absolute Gasteiger partial charge is 0.463 e. The van der Waals surface area contributed by atoms with Gasteiger partial charge in [0, 0.05) is 39.5 Å². The Hall–Kier alpha value is -1.93. The normalized spacial score (nSPS) is 40.0. The first-order valence-electron chi connectivity index (χ1n) is 17.4. The number of carbonyl (C=O) groups excluding carboxylic acids is 4. The summed E-state index contributed by atoms with van der Waals surface area (Å²) in [6.07, 6.45) is -2.69. The van der Waals surface area contributed by atoms with Crippen LogP contribution < -0.4 is 0 Å². The van der Waals surface area contributed by atoms with Crippen LogP contribution in [0.1, 0.15) is 82.6 Å². The van der Waals surface area contributed by atoms with Crippen molar-refractivity contribution in [2.24, 2.45) is 41.4 Å². The average Bonchev–Trinajstić information content (AvgIpc) is 3.01. The summed E-state index contributed by atoms with van der Waals surface area (Å²) < 4.78 is 48.5. The average molecular weight is 703 g/mol. The van der Waals surface area contributed by atoms with E-state index in [0.29, 0.717) is 6.42 Å². The molecular weight excluding hydrogens is 644 g/mol. The molecule has 15 atom stereocenters. The minimum absolute atomic E-state index is 0.00359. The number of esters is 4. The highest BCUT2D eigenvalue weighted by atomic mass is 32.2. The molecule has 3 rings (SSSR count). The number of hydrogen-bond acceptors (Lipinski definition) is 13. The van der Waals surface area contributed by atoms with Crippen molar-refractivity contribution >= 4 is 35.6 Å². The Morgan fingerprint density at radius 3 is 1.65 bits per heavy atom. The van der Waals surface area contributed by atoms with E-state index in [4.69, 9.17) is 37.9 Å². The highest BCUT2D eigenvalue weighted by Gasteiger charge is 2.51. The second-order valence-electron chi connectivity index (χ2n) is 13.9. The van der Waals surface area contributed by atoms with Crippen molar-refractivity contribution in [2.75, 3.05) is 25.6 Å². The molecule has 0 saturated carbocycles. The molecule has 0 aromatic rings. The van der Waals surface area contributed by atoms with Gasteiger partial charge in [-0.1, -0.05) is 48.5 Å². The molecule has 48 heavy (non-hydrogen) atoms. The summed E-state index contributed by atoms with van der Waals surface area (Å²) in [5.74, 6) is -0.771. The van der Waals surface area contributed by atoms with Crippen LogP contribution >= 0.6 is 11.8 Å². The Morgan fingerprint density at radius 1 is 0.562 bits per heavy atom. The maximum atomic E-state index is 12.1. The highest BCUT2D eigenvalue weighted by Crippen LogP contribution is 2.45. The Kier molecular flexibility index (Phi) is 15.5. The van der Waals surface area contributed by atoms with Crippen LogP contribution in [0.15, 0.2) is 0 Å². The molecule has 3 saturated heterocycles. The maximum Gasteiger partial charge on any atom is 0.303 e. The summed E-state index contributed by atoms with van der Waals surface area (Å²) in [6, 6.07) is 0. The van der Waals surface area contributed by atoms with Crippen molar-refractivity contribution < 1.29 is 57.1 Å². The molecule has 0 spiro atoms. The Morgan fingerprint density at radius 2 is 1.10 bits per heavy atom. The molecule has 6 unspecified atom stereocenters. The van der Waals surface area contributed by atoms with E-state index in [-0.39, 0.29) is 85.4 Å². The molecule has 3 aliphatic rings. The number of rotatable bonds is 13. The van der Waals surface area contributed by atoms with Gasteiger partial charge in [0.15, 0.2) is 6.29 Å². The van der Waals surface area contributed by atoms with Crippen LogP contribution in [0.4, 0.5) is 0 Å². The molecule has 0 aromatic heterocycles. The van der Waals surface area contributed by atoms with Crippen molar-refractivity contribution in [3.05, 3.63) is 0 Å². The molecule has 276 valence electrons. The van der Waals surface area contributed by atoms with Crippen LogP contribution in [0, 0.1) is 41.4 Å². The Labute approximate surface area is 290 Å². The van der Waals surface area contributed by atoms with Gasteiger partial charge in [-0.2, -0.15) is 0 Å². The zero-order valence-electron chi connectivity index (χ0n) is 30.5. The van der Waals surface area contributed by atoms with Gasteiger partial charge < -0.3 is 37.9 Å². The summed E-state index contributed by atoms with van der Waals surface area (Å²) in [6.45, 7) is 20.3. The van der Waals surface area contributed by atoms with Crippen molar-refractivity contribution in [1.29, 1.82) is 0 Å². The topological polar surface area (TPSA) is 142 Å². The highest BCUT2D eigenvalue weighted by molar-refractivity contribution is 7.99. The van der Waals surface area contributed by atoms with Gasteiger partial charge in [0.25, 0.3) is 0 Å². The number of ether oxygens (including phenoxy) is 8. The van der Waals surface area contributed by atoms with E-state index in [0.717, 1.165) is 5.75 Å². The lowest BCUT2D eigenvalue weighted by Crippen LogP contribution is -2.58. The first-order chi connectivity index (χ1) is 22.5. The molecule has 0 aromatic carbocycles. The van der Waals surface area contributed by atoms with E-state index in [1.807, 2.05) is 13.8 Å². The van der Waals surface area contributed by atoms with Crippen LogP contribution in [-0.4, -0.2) is 97.8 Å². The molecule has 12 nitrogen and oxygen atoms in total. The van der Waals surface area contributed by atoms with E-state index >= 15 is 0 Å². The van der Waals surface area contributed by atoms with E-state index in [1.54, 1.807) is 11.8 Å². The van der Waals surface area contributed by atoms with Gasteiger partial charge in [-0.3, -0.25) is 19.2 Å². The molecular formula is C35H58O12S. The van der Waals surface area contributed by atoms with Crippen molar-refractivity contribution in [1.82, 2.24) is 0 Å². The minimum Gasteiger partial charge on any atom is -0.463 e. The van der Waals surface area contributed by atoms with Crippen LogP contribution in [0.5, 0.6) is 0 Å². The van der Waals surface area contributed by atoms with Gasteiger partial charge in [0.2, 0.25) is 0 Å². The molecule has 3 heterocycles. The lowest BCUT2D eigenvalue weighted by atomic mass is 9.73. The third-order valence-corrected chi connectivity index (χ3v) is 11.7. The maximum absolute atomic E-state index is 12.1. The summed E-state index contributed by atoms with van der Waals surface area (Å²) in [5, 5.41) is 0. The molecule has 3 aliphatic heterocycles. The first kappa shape index (κ1) is 40.5. The van der Waals surface area contributed by atoms with E-state index in [9.17, 15) is 19.2 Å². The fraction of sp³-hybridized carbons (Fsp3) is 0.886. The van der Waals surface area contributed by atoms with Crippen LogP contribution in [0.2, 0.25) is 0 Å². The first-order valence-corrected chi connectivity index (χ1v) is 18.4. The fourth-order valence-corrected chi connectivity index (χ4v) is 8.28. The fourth-order valence-electron chi connectivity index (χ4n) is 7.24. The van der Waals surface area contributed by atoms with Gasteiger partial charge in [-0.15, -0.1) is 11.8 Å².